The lowest BCUT2D eigenvalue weighted by molar-refractivity contribution is -0.130. The van der Waals surface area contributed by atoms with Gasteiger partial charge in [-0.3, -0.25) is 9.59 Å². The van der Waals surface area contributed by atoms with Crippen LogP contribution in [0.5, 0.6) is 0 Å². The number of rotatable bonds is 6. The molecule has 2 rings (SSSR count). The number of hydrogen-bond acceptors (Lipinski definition) is 6. The number of pyridine rings is 1. The van der Waals surface area contributed by atoms with E-state index in [0.717, 1.165) is 12.5 Å². The van der Waals surface area contributed by atoms with Crippen LogP contribution >= 0.6 is 0 Å². The fraction of sp³-hybridized carbons (Fsp3) is 0.316. The number of carbonyl (C=O) groups is 2. The van der Waals surface area contributed by atoms with Crippen LogP contribution in [0.15, 0.2) is 41.3 Å². The SMILES string of the molecule is CNC(=O)c1ccc(S(=O)(=O)C[C@](C)(O)C(=O)Nc2ccc(C)c(C)n2)cc1. The fourth-order valence-electron chi connectivity index (χ4n) is 2.43. The number of aromatic nitrogens is 1. The van der Waals surface area contributed by atoms with Gasteiger partial charge in [0.05, 0.1) is 10.6 Å². The highest BCUT2D eigenvalue weighted by Gasteiger charge is 2.37. The van der Waals surface area contributed by atoms with Crippen LogP contribution in [0.1, 0.15) is 28.5 Å². The molecule has 0 radical (unpaired) electrons. The molecule has 0 aliphatic rings. The number of nitrogens with zero attached hydrogens (tertiary/aromatic N) is 1. The molecule has 1 atom stereocenters. The first-order valence-electron chi connectivity index (χ1n) is 8.49. The molecule has 0 aliphatic carbocycles. The van der Waals surface area contributed by atoms with E-state index in [1.165, 1.54) is 31.3 Å². The van der Waals surface area contributed by atoms with Crippen molar-refractivity contribution in [2.45, 2.75) is 31.3 Å². The van der Waals surface area contributed by atoms with Gasteiger partial charge in [-0.25, -0.2) is 13.4 Å². The van der Waals surface area contributed by atoms with Gasteiger partial charge in [0, 0.05) is 18.3 Å². The number of aliphatic hydroxyl groups is 1. The number of benzene rings is 1. The van der Waals surface area contributed by atoms with E-state index in [4.69, 9.17) is 0 Å². The van der Waals surface area contributed by atoms with E-state index in [9.17, 15) is 23.1 Å². The van der Waals surface area contributed by atoms with Gasteiger partial charge in [0.1, 0.15) is 5.82 Å². The van der Waals surface area contributed by atoms with Crippen molar-refractivity contribution < 1.29 is 23.1 Å². The van der Waals surface area contributed by atoms with Crippen molar-refractivity contribution >= 4 is 27.5 Å². The van der Waals surface area contributed by atoms with Gasteiger partial charge in [0.2, 0.25) is 0 Å². The third-order valence-corrected chi connectivity index (χ3v) is 6.19. The van der Waals surface area contributed by atoms with Gasteiger partial charge in [-0.15, -0.1) is 0 Å². The number of hydrogen-bond donors (Lipinski definition) is 3. The van der Waals surface area contributed by atoms with Gasteiger partial charge in [0.25, 0.3) is 11.8 Å². The minimum Gasteiger partial charge on any atom is -0.379 e. The second kappa shape index (κ2) is 8.07. The molecule has 0 bridgehead atoms. The van der Waals surface area contributed by atoms with Crippen molar-refractivity contribution in [3.63, 3.8) is 0 Å². The molecule has 28 heavy (non-hydrogen) atoms. The van der Waals surface area contributed by atoms with Crippen molar-refractivity contribution in [2.75, 3.05) is 18.1 Å². The van der Waals surface area contributed by atoms with Gasteiger partial charge in [-0.05, 0) is 56.7 Å². The van der Waals surface area contributed by atoms with Crippen LogP contribution in [0.25, 0.3) is 0 Å². The number of anilines is 1. The molecule has 0 spiro atoms. The molecule has 0 saturated heterocycles. The predicted octanol–water partition coefficient (Wildman–Crippen LogP) is 1.22. The summed E-state index contributed by atoms with van der Waals surface area (Å²) in [5.74, 6) is -1.83. The zero-order valence-corrected chi connectivity index (χ0v) is 16.9. The molecule has 0 unspecified atom stereocenters. The smallest absolute Gasteiger partial charge is 0.258 e. The molecule has 2 aromatic rings. The van der Waals surface area contributed by atoms with E-state index in [1.54, 1.807) is 19.1 Å². The lowest BCUT2D eigenvalue weighted by Gasteiger charge is -2.22. The summed E-state index contributed by atoms with van der Waals surface area (Å²) in [6.07, 6.45) is 0. The van der Waals surface area contributed by atoms with E-state index in [1.807, 2.05) is 6.92 Å². The zero-order chi connectivity index (χ0) is 21.1. The summed E-state index contributed by atoms with van der Waals surface area (Å²) >= 11 is 0. The standard InChI is InChI=1S/C19H23N3O5S/c1-12-5-10-16(21-13(12)2)22-18(24)19(3,25)11-28(26,27)15-8-6-14(7-9-15)17(23)20-4/h5-10,25H,11H2,1-4H3,(H,20,23)(H,21,22,24)/t19-/m0/s1. The monoisotopic (exact) mass is 405 g/mol. The van der Waals surface area contributed by atoms with Gasteiger partial charge < -0.3 is 15.7 Å². The molecule has 0 aliphatic heterocycles. The van der Waals surface area contributed by atoms with Gasteiger partial charge in [-0.2, -0.15) is 0 Å². The Morgan fingerprint density at radius 1 is 1.11 bits per heavy atom. The summed E-state index contributed by atoms with van der Waals surface area (Å²) in [7, 11) is -2.52. The Balaban J connectivity index is 2.17. The molecule has 1 aromatic heterocycles. The predicted molar refractivity (Wildman–Crippen MR) is 105 cm³/mol. The van der Waals surface area contributed by atoms with Gasteiger partial charge in [-0.1, -0.05) is 6.07 Å². The number of amides is 2. The van der Waals surface area contributed by atoms with Gasteiger partial charge >= 0.3 is 0 Å². The van der Waals surface area contributed by atoms with Gasteiger partial charge in [0.15, 0.2) is 15.4 Å². The second-order valence-electron chi connectivity index (χ2n) is 6.69. The number of nitrogens with one attached hydrogen (secondary N) is 2. The van der Waals surface area contributed by atoms with Crippen molar-refractivity contribution in [1.29, 1.82) is 0 Å². The van der Waals surface area contributed by atoms with Crippen LogP contribution in [-0.2, 0) is 14.6 Å². The van der Waals surface area contributed by atoms with Crippen LogP contribution in [0.4, 0.5) is 5.82 Å². The molecule has 8 nitrogen and oxygen atoms in total. The fourth-order valence-corrected chi connectivity index (χ4v) is 4.02. The molecule has 0 fully saturated rings. The Bertz CT molecular complexity index is 999. The number of carbonyl (C=O) groups excluding carboxylic acids is 2. The molecular formula is C19H23N3O5S. The number of sulfone groups is 1. The van der Waals surface area contributed by atoms with Crippen LogP contribution < -0.4 is 10.6 Å². The average Bonchev–Trinajstić information content (AvgIpc) is 2.63. The summed E-state index contributed by atoms with van der Waals surface area (Å²) in [5.41, 5.74) is -0.237. The first kappa shape index (κ1) is 21.5. The Hall–Kier alpha value is -2.78. The maximum absolute atomic E-state index is 12.6. The zero-order valence-electron chi connectivity index (χ0n) is 16.1. The van der Waals surface area contributed by atoms with E-state index in [-0.39, 0.29) is 16.6 Å². The molecule has 9 heteroatoms. The Labute approximate surface area is 163 Å². The molecule has 3 N–H and O–H groups in total. The van der Waals surface area contributed by atoms with E-state index >= 15 is 0 Å². The van der Waals surface area contributed by atoms with Crippen LogP contribution in [0.3, 0.4) is 0 Å². The quantitative estimate of drug-likeness (QED) is 0.664. The molecule has 1 heterocycles. The van der Waals surface area contributed by atoms with Crippen molar-refractivity contribution in [1.82, 2.24) is 10.3 Å². The summed E-state index contributed by atoms with van der Waals surface area (Å²) in [5, 5.41) is 15.3. The largest absolute Gasteiger partial charge is 0.379 e. The lowest BCUT2D eigenvalue weighted by Crippen LogP contribution is -2.46. The summed E-state index contributed by atoms with van der Waals surface area (Å²) in [6.45, 7) is 4.77. The third-order valence-electron chi connectivity index (χ3n) is 4.25. The highest BCUT2D eigenvalue weighted by atomic mass is 32.2. The minimum absolute atomic E-state index is 0.0995. The van der Waals surface area contributed by atoms with Crippen LogP contribution in [0.2, 0.25) is 0 Å². The normalized spacial score (nSPS) is 13.5. The lowest BCUT2D eigenvalue weighted by atomic mass is 10.1. The van der Waals surface area contributed by atoms with E-state index < -0.39 is 27.1 Å². The minimum atomic E-state index is -3.98. The van der Waals surface area contributed by atoms with E-state index in [2.05, 4.69) is 15.6 Å². The first-order valence-corrected chi connectivity index (χ1v) is 10.1. The average molecular weight is 405 g/mol. The maximum Gasteiger partial charge on any atom is 0.258 e. The summed E-state index contributed by atoms with van der Waals surface area (Å²) in [6, 6.07) is 8.58. The third kappa shape index (κ3) is 4.93. The number of aryl methyl sites for hydroxylation is 2. The van der Waals surface area contributed by atoms with Crippen molar-refractivity contribution in [3.05, 3.63) is 53.2 Å². The summed E-state index contributed by atoms with van der Waals surface area (Å²) in [4.78, 5) is 28.0. The second-order valence-corrected chi connectivity index (χ2v) is 8.68. The molecular weight excluding hydrogens is 382 g/mol. The molecule has 2 amide bonds. The highest BCUT2D eigenvalue weighted by molar-refractivity contribution is 7.91. The molecule has 1 aromatic carbocycles. The van der Waals surface area contributed by atoms with Crippen LogP contribution in [0, 0.1) is 13.8 Å². The van der Waals surface area contributed by atoms with Crippen molar-refractivity contribution in [3.8, 4) is 0 Å². The highest BCUT2D eigenvalue weighted by Crippen LogP contribution is 2.19. The Kier molecular flexibility index (Phi) is 6.20. The van der Waals surface area contributed by atoms with Crippen molar-refractivity contribution in [2.24, 2.45) is 0 Å². The van der Waals surface area contributed by atoms with Crippen LogP contribution in [-0.4, -0.2) is 48.7 Å². The topological polar surface area (TPSA) is 125 Å². The summed E-state index contributed by atoms with van der Waals surface area (Å²) < 4.78 is 25.2. The molecule has 150 valence electrons. The first-order chi connectivity index (χ1) is 13.0. The Morgan fingerprint density at radius 3 is 2.25 bits per heavy atom. The van der Waals surface area contributed by atoms with E-state index in [0.29, 0.717) is 11.3 Å². The maximum atomic E-state index is 12.6. The molecule has 0 saturated carbocycles. The Morgan fingerprint density at radius 2 is 1.71 bits per heavy atom.